The van der Waals surface area contributed by atoms with Gasteiger partial charge in [0, 0.05) is 9.30 Å². The van der Waals surface area contributed by atoms with Crippen molar-refractivity contribution < 1.29 is 4.74 Å². The van der Waals surface area contributed by atoms with Crippen molar-refractivity contribution in [3.63, 3.8) is 0 Å². The van der Waals surface area contributed by atoms with Gasteiger partial charge in [0.15, 0.2) is 0 Å². The van der Waals surface area contributed by atoms with Crippen molar-refractivity contribution in [3.8, 4) is 5.75 Å². The maximum atomic E-state index is 5.23. The van der Waals surface area contributed by atoms with E-state index < -0.39 is 0 Å². The molecule has 1 saturated carbocycles. The van der Waals surface area contributed by atoms with Crippen LogP contribution in [0.5, 0.6) is 5.75 Å². The number of benzene rings is 1. The van der Waals surface area contributed by atoms with E-state index in [0.29, 0.717) is 4.83 Å². The molecule has 0 heterocycles. The summed E-state index contributed by atoms with van der Waals surface area (Å²) in [6.45, 7) is 2.36. The fourth-order valence-corrected chi connectivity index (χ4v) is 4.79. The van der Waals surface area contributed by atoms with Crippen LogP contribution in [0.15, 0.2) is 22.7 Å². The lowest BCUT2D eigenvalue weighted by Gasteiger charge is -2.23. The Morgan fingerprint density at radius 3 is 2.65 bits per heavy atom. The van der Waals surface area contributed by atoms with E-state index in [1.54, 1.807) is 7.11 Å². The van der Waals surface area contributed by atoms with Gasteiger partial charge in [0.2, 0.25) is 0 Å². The van der Waals surface area contributed by atoms with Crippen LogP contribution in [0.25, 0.3) is 0 Å². The molecule has 2 rings (SSSR count). The molecule has 1 nitrogen and oxygen atoms in total. The molecule has 1 fully saturated rings. The van der Waals surface area contributed by atoms with Crippen LogP contribution in [-0.4, -0.2) is 7.11 Å². The highest BCUT2D eigenvalue weighted by molar-refractivity contribution is 9.11. The topological polar surface area (TPSA) is 9.23 Å². The molecule has 1 aromatic rings. The third kappa shape index (κ3) is 2.87. The van der Waals surface area contributed by atoms with E-state index in [-0.39, 0.29) is 0 Å². The lowest BCUT2D eigenvalue weighted by atomic mass is 9.91. The van der Waals surface area contributed by atoms with E-state index in [2.05, 4.69) is 44.8 Å². The predicted molar refractivity (Wildman–Crippen MR) is 78.9 cm³/mol. The highest BCUT2D eigenvalue weighted by Gasteiger charge is 2.31. The molecule has 0 aliphatic heterocycles. The summed E-state index contributed by atoms with van der Waals surface area (Å²) in [7, 11) is 1.70. The zero-order valence-electron chi connectivity index (χ0n) is 10.2. The summed E-state index contributed by atoms with van der Waals surface area (Å²) in [6, 6.07) is 6.24. The first-order valence-corrected chi connectivity index (χ1v) is 7.82. The predicted octanol–water partition coefficient (Wildman–Crippen LogP) is 5.33. The molecule has 0 spiro atoms. The van der Waals surface area contributed by atoms with E-state index in [4.69, 9.17) is 4.74 Å². The largest absolute Gasteiger partial charge is 0.497 e. The molecule has 3 atom stereocenters. The van der Waals surface area contributed by atoms with E-state index in [1.165, 1.54) is 24.8 Å². The Morgan fingerprint density at radius 1 is 1.35 bits per heavy atom. The van der Waals surface area contributed by atoms with Crippen molar-refractivity contribution in [1.82, 2.24) is 0 Å². The summed E-state index contributed by atoms with van der Waals surface area (Å²) in [5.74, 6) is 2.47. The van der Waals surface area contributed by atoms with Gasteiger partial charge in [-0.2, -0.15) is 0 Å². The molecule has 0 aromatic heterocycles. The Balaban J connectivity index is 2.21. The van der Waals surface area contributed by atoms with Crippen LogP contribution >= 0.6 is 31.9 Å². The molecule has 1 aromatic carbocycles. The number of methoxy groups -OCH3 is 1. The molecule has 1 aliphatic rings. The zero-order chi connectivity index (χ0) is 12.4. The van der Waals surface area contributed by atoms with E-state index in [9.17, 15) is 0 Å². The van der Waals surface area contributed by atoms with Crippen molar-refractivity contribution in [3.05, 3.63) is 28.2 Å². The van der Waals surface area contributed by atoms with Crippen LogP contribution in [-0.2, 0) is 0 Å². The third-order valence-corrected chi connectivity index (χ3v) is 5.67. The van der Waals surface area contributed by atoms with Gasteiger partial charge in [0.05, 0.1) is 7.11 Å². The maximum absolute atomic E-state index is 5.23. The lowest BCUT2D eigenvalue weighted by molar-refractivity contribution is 0.408. The van der Waals surface area contributed by atoms with Gasteiger partial charge in [-0.1, -0.05) is 57.7 Å². The maximum Gasteiger partial charge on any atom is 0.120 e. The fraction of sp³-hybridized carbons (Fsp3) is 0.571. The van der Waals surface area contributed by atoms with Crippen molar-refractivity contribution in [2.45, 2.75) is 31.0 Å². The van der Waals surface area contributed by atoms with Gasteiger partial charge >= 0.3 is 0 Å². The summed E-state index contributed by atoms with van der Waals surface area (Å²) in [6.07, 6.45) is 4.05. The summed E-state index contributed by atoms with van der Waals surface area (Å²) in [5, 5.41) is 0. The molecule has 0 radical (unpaired) electrons. The van der Waals surface area contributed by atoms with Gasteiger partial charge in [-0.15, -0.1) is 0 Å². The van der Waals surface area contributed by atoms with Gasteiger partial charge in [-0.25, -0.2) is 0 Å². The van der Waals surface area contributed by atoms with Crippen LogP contribution in [0.4, 0.5) is 0 Å². The summed E-state index contributed by atoms with van der Waals surface area (Å²) < 4.78 is 6.37. The first-order valence-electron chi connectivity index (χ1n) is 6.11. The molecule has 3 heteroatoms. The number of hydrogen-bond donors (Lipinski definition) is 0. The zero-order valence-corrected chi connectivity index (χ0v) is 13.4. The van der Waals surface area contributed by atoms with Crippen molar-refractivity contribution in [1.29, 1.82) is 0 Å². The van der Waals surface area contributed by atoms with Crippen LogP contribution in [0.2, 0.25) is 0 Å². The number of ether oxygens (including phenoxy) is 1. The van der Waals surface area contributed by atoms with E-state index >= 15 is 0 Å². The fourth-order valence-electron chi connectivity index (χ4n) is 2.70. The first kappa shape index (κ1) is 13.4. The first-order chi connectivity index (χ1) is 8.13. The van der Waals surface area contributed by atoms with Crippen molar-refractivity contribution >= 4 is 31.9 Å². The van der Waals surface area contributed by atoms with E-state index in [0.717, 1.165) is 22.1 Å². The Hall–Kier alpha value is -0.0200. The number of halogens is 2. The summed E-state index contributed by atoms with van der Waals surface area (Å²) >= 11 is 7.53. The molecular weight excluding hydrogens is 344 g/mol. The molecule has 0 saturated heterocycles. The minimum absolute atomic E-state index is 0.445. The lowest BCUT2D eigenvalue weighted by Crippen LogP contribution is -2.11. The Labute approximate surface area is 120 Å². The second kappa shape index (κ2) is 5.75. The van der Waals surface area contributed by atoms with Gasteiger partial charge in [0.25, 0.3) is 0 Å². The van der Waals surface area contributed by atoms with Gasteiger partial charge in [-0.05, 0) is 36.0 Å². The second-order valence-electron chi connectivity index (χ2n) is 4.86. The number of rotatable bonds is 3. The van der Waals surface area contributed by atoms with Gasteiger partial charge in [-0.3, -0.25) is 0 Å². The van der Waals surface area contributed by atoms with Crippen molar-refractivity contribution in [2.24, 2.45) is 11.8 Å². The molecule has 3 unspecified atom stereocenters. The molecule has 0 N–H and O–H groups in total. The second-order valence-corrected chi connectivity index (χ2v) is 6.70. The smallest absolute Gasteiger partial charge is 0.120 e. The van der Waals surface area contributed by atoms with Crippen molar-refractivity contribution in [2.75, 3.05) is 7.11 Å². The monoisotopic (exact) mass is 360 g/mol. The molecule has 94 valence electrons. The van der Waals surface area contributed by atoms with Crippen LogP contribution in [0.3, 0.4) is 0 Å². The van der Waals surface area contributed by atoms with E-state index in [1.807, 2.05) is 12.1 Å². The molecule has 1 aliphatic carbocycles. The van der Waals surface area contributed by atoms with Crippen LogP contribution in [0.1, 0.15) is 36.6 Å². The van der Waals surface area contributed by atoms with Gasteiger partial charge < -0.3 is 4.74 Å². The standard InChI is InChI=1S/C14H18Br2O/c1-9-4-3-5-11(9)14(16)12-7-6-10(17-2)8-13(12)15/h6-9,11,14H,3-5H2,1-2H3. The SMILES string of the molecule is COc1ccc(C(Br)C2CCCC2C)c(Br)c1. The Bertz CT molecular complexity index is 392. The molecule has 0 amide bonds. The highest BCUT2D eigenvalue weighted by Crippen LogP contribution is 2.46. The summed E-state index contributed by atoms with van der Waals surface area (Å²) in [5.41, 5.74) is 1.34. The van der Waals surface area contributed by atoms with Gasteiger partial charge in [0.1, 0.15) is 5.75 Å². The van der Waals surface area contributed by atoms with Crippen LogP contribution in [0, 0.1) is 11.8 Å². The third-order valence-electron chi connectivity index (χ3n) is 3.81. The Morgan fingerprint density at radius 2 is 2.12 bits per heavy atom. The minimum Gasteiger partial charge on any atom is -0.497 e. The highest BCUT2D eigenvalue weighted by atomic mass is 79.9. The molecular formula is C14H18Br2O. The molecule has 0 bridgehead atoms. The minimum atomic E-state index is 0.445. The average Bonchev–Trinajstić information content (AvgIpc) is 2.74. The normalized spacial score (nSPS) is 25.9. The summed E-state index contributed by atoms with van der Waals surface area (Å²) in [4.78, 5) is 0.445. The quantitative estimate of drug-likeness (QED) is 0.661. The Kier molecular flexibility index (Phi) is 4.53. The molecule has 17 heavy (non-hydrogen) atoms. The average molecular weight is 362 g/mol. The van der Waals surface area contributed by atoms with Crippen LogP contribution < -0.4 is 4.74 Å². The number of hydrogen-bond acceptors (Lipinski definition) is 1. The number of alkyl halides is 1.